The van der Waals surface area contributed by atoms with E-state index in [-0.39, 0.29) is 12.2 Å². The SMILES string of the molecule is CS(=O)(=O)CCc1cc(F)cc(-c2cccc3[nH]c(-c4[nH]nc5ncc(-c6cncnc6)cc45)cc23)c1. The molecule has 0 spiro atoms. The standard InChI is InChI=1S/C27H21FN6O2S/c1-37(35,36)6-5-16-7-17(9-20(28)8-16)21-3-2-4-24-22(21)11-25(32-24)26-23-10-18(14-31-27(23)34-33-26)19-12-29-15-30-13-19/h2-4,7-15,32H,5-6H2,1H3,(H,31,33,34). The van der Waals surface area contributed by atoms with Gasteiger partial charge in [-0.05, 0) is 53.4 Å². The van der Waals surface area contributed by atoms with Crippen LogP contribution in [0, 0.1) is 5.82 Å². The van der Waals surface area contributed by atoms with Crippen molar-refractivity contribution in [3.05, 3.63) is 84.8 Å². The third kappa shape index (κ3) is 4.58. The second-order valence-electron chi connectivity index (χ2n) is 9.00. The number of nitrogens with one attached hydrogen (secondary N) is 2. The molecule has 0 bridgehead atoms. The van der Waals surface area contributed by atoms with Crippen LogP contribution in [-0.4, -0.2) is 50.6 Å². The van der Waals surface area contributed by atoms with Crippen molar-refractivity contribution in [2.75, 3.05) is 12.0 Å². The Labute approximate surface area is 211 Å². The molecule has 0 unspecified atom stereocenters. The van der Waals surface area contributed by atoms with E-state index < -0.39 is 15.7 Å². The van der Waals surface area contributed by atoms with Gasteiger partial charge >= 0.3 is 0 Å². The molecule has 6 rings (SSSR count). The van der Waals surface area contributed by atoms with Gasteiger partial charge in [-0.3, -0.25) is 5.10 Å². The fourth-order valence-electron chi connectivity index (χ4n) is 4.51. The third-order valence-electron chi connectivity index (χ3n) is 6.27. The largest absolute Gasteiger partial charge is 0.353 e. The number of sulfone groups is 1. The molecule has 37 heavy (non-hydrogen) atoms. The number of aromatic amines is 2. The van der Waals surface area contributed by atoms with Crippen LogP contribution in [0.2, 0.25) is 0 Å². The van der Waals surface area contributed by atoms with Crippen molar-refractivity contribution in [1.82, 2.24) is 30.1 Å². The van der Waals surface area contributed by atoms with E-state index in [4.69, 9.17) is 0 Å². The number of halogens is 1. The van der Waals surface area contributed by atoms with Crippen LogP contribution in [-0.2, 0) is 16.3 Å². The predicted octanol–water partition coefficient (Wildman–Crippen LogP) is 4.96. The number of pyridine rings is 1. The highest BCUT2D eigenvalue weighted by Gasteiger charge is 2.16. The zero-order valence-corrected chi connectivity index (χ0v) is 20.6. The highest BCUT2D eigenvalue weighted by molar-refractivity contribution is 7.90. The summed E-state index contributed by atoms with van der Waals surface area (Å²) in [4.78, 5) is 16.1. The molecule has 4 heterocycles. The van der Waals surface area contributed by atoms with Crippen molar-refractivity contribution in [1.29, 1.82) is 0 Å². The van der Waals surface area contributed by atoms with Gasteiger partial charge in [0.25, 0.3) is 0 Å². The van der Waals surface area contributed by atoms with Gasteiger partial charge < -0.3 is 4.98 Å². The number of hydrogen-bond donors (Lipinski definition) is 2. The lowest BCUT2D eigenvalue weighted by Crippen LogP contribution is -2.06. The van der Waals surface area contributed by atoms with Crippen molar-refractivity contribution in [2.24, 2.45) is 0 Å². The van der Waals surface area contributed by atoms with Gasteiger partial charge in [0.2, 0.25) is 0 Å². The quantitative estimate of drug-likeness (QED) is 0.326. The highest BCUT2D eigenvalue weighted by atomic mass is 32.2. The number of fused-ring (bicyclic) bond motifs is 2. The van der Waals surface area contributed by atoms with Gasteiger partial charge in [-0.2, -0.15) is 5.10 Å². The first-order valence-electron chi connectivity index (χ1n) is 11.5. The smallest absolute Gasteiger partial charge is 0.181 e. The van der Waals surface area contributed by atoms with Crippen LogP contribution >= 0.6 is 0 Å². The molecule has 0 saturated heterocycles. The van der Waals surface area contributed by atoms with Crippen molar-refractivity contribution in [3.8, 4) is 33.6 Å². The lowest BCUT2D eigenvalue weighted by molar-refractivity contribution is 0.600. The minimum absolute atomic E-state index is 0.0353. The van der Waals surface area contributed by atoms with Gasteiger partial charge in [0.1, 0.15) is 22.0 Å². The summed E-state index contributed by atoms with van der Waals surface area (Å²) in [5, 5.41) is 9.18. The Hall–Kier alpha value is -4.44. The van der Waals surface area contributed by atoms with Gasteiger partial charge in [-0.1, -0.05) is 18.2 Å². The molecule has 2 N–H and O–H groups in total. The summed E-state index contributed by atoms with van der Waals surface area (Å²) >= 11 is 0. The fraction of sp³-hybridized carbons (Fsp3) is 0.111. The first-order valence-corrected chi connectivity index (χ1v) is 13.6. The minimum atomic E-state index is -3.16. The summed E-state index contributed by atoms with van der Waals surface area (Å²) in [6.07, 6.45) is 8.11. The molecule has 0 aliphatic carbocycles. The Bertz CT molecular complexity index is 1880. The molecule has 10 heteroatoms. The van der Waals surface area contributed by atoms with Gasteiger partial charge in [-0.25, -0.2) is 27.8 Å². The van der Waals surface area contributed by atoms with Crippen molar-refractivity contribution < 1.29 is 12.8 Å². The Morgan fingerprint density at radius 2 is 1.76 bits per heavy atom. The lowest BCUT2D eigenvalue weighted by atomic mass is 9.98. The number of nitrogens with zero attached hydrogens (tertiary/aromatic N) is 4. The van der Waals surface area contributed by atoms with E-state index >= 15 is 0 Å². The zero-order valence-electron chi connectivity index (χ0n) is 19.7. The van der Waals surface area contributed by atoms with E-state index in [1.807, 2.05) is 36.4 Å². The average molecular weight is 513 g/mol. The molecule has 0 atom stereocenters. The summed E-state index contributed by atoms with van der Waals surface area (Å²) in [6.45, 7) is 0. The summed E-state index contributed by atoms with van der Waals surface area (Å²) < 4.78 is 37.8. The van der Waals surface area contributed by atoms with Crippen LogP contribution < -0.4 is 0 Å². The maximum absolute atomic E-state index is 14.5. The van der Waals surface area contributed by atoms with Gasteiger partial charge in [0, 0.05) is 52.3 Å². The molecule has 0 amide bonds. The molecule has 4 aromatic heterocycles. The van der Waals surface area contributed by atoms with E-state index in [9.17, 15) is 12.8 Å². The summed E-state index contributed by atoms with van der Waals surface area (Å²) in [5.41, 5.74) is 6.91. The van der Waals surface area contributed by atoms with Crippen molar-refractivity contribution in [2.45, 2.75) is 6.42 Å². The topological polar surface area (TPSA) is 117 Å². The molecule has 6 aromatic rings. The Balaban J connectivity index is 1.44. The second kappa shape index (κ2) is 8.90. The van der Waals surface area contributed by atoms with E-state index in [2.05, 4.69) is 30.1 Å². The minimum Gasteiger partial charge on any atom is -0.353 e. The zero-order chi connectivity index (χ0) is 25.6. The molecule has 184 valence electrons. The molecule has 2 aromatic carbocycles. The Kier molecular flexibility index (Phi) is 5.53. The first kappa shape index (κ1) is 23.0. The Morgan fingerprint density at radius 3 is 2.57 bits per heavy atom. The van der Waals surface area contributed by atoms with Gasteiger partial charge in [0.05, 0.1) is 17.1 Å². The number of benzene rings is 2. The normalized spacial score (nSPS) is 11.9. The molecule has 0 aliphatic rings. The molecule has 0 aliphatic heterocycles. The molecule has 0 saturated carbocycles. The Morgan fingerprint density at radius 1 is 0.919 bits per heavy atom. The number of hydrogen-bond acceptors (Lipinski definition) is 6. The maximum Gasteiger partial charge on any atom is 0.181 e. The molecular weight excluding hydrogens is 491 g/mol. The first-order chi connectivity index (χ1) is 17.8. The van der Waals surface area contributed by atoms with Crippen LogP contribution in [0.1, 0.15) is 5.56 Å². The second-order valence-corrected chi connectivity index (χ2v) is 11.3. The van der Waals surface area contributed by atoms with Crippen LogP contribution in [0.25, 0.3) is 55.6 Å². The van der Waals surface area contributed by atoms with Crippen LogP contribution in [0.5, 0.6) is 0 Å². The number of aromatic nitrogens is 6. The fourth-order valence-corrected chi connectivity index (χ4v) is 5.11. The number of H-pyrrole nitrogens is 2. The molecule has 0 radical (unpaired) electrons. The van der Waals surface area contributed by atoms with E-state index in [0.29, 0.717) is 16.8 Å². The predicted molar refractivity (Wildman–Crippen MR) is 141 cm³/mol. The molecular formula is C27H21FN6O2S. The monoisotopic (exact) mass is 512 g/mol. The molecule has 0 fully saturated rings. The van der Waals surface area contributed by atoms with Crippen LogP contribution in [0.15, 0.2) is 73.4 Å². The van der Waals surface area contributed by atoms with Gasteiger partial charge in [0.15, 0.2) is 5.65 Å². The van der Waals surface area contributed by atoms with E-state index in [1.165, 1.54) is 24.7 Å². The summed E-state index contributed by atoms with van der Waals surface area (Å²) in [7, 11) is -3.16. The van der Waals surface area contributed by atoms with E-state index in [0.717, 1.165) is 44.4 Å². The van der Waals surface area contributed by atoms with E-state index in [1.54, 1.807) is 18.6 Å². The highest BCUT2D eigenvalue weighted by Crippen LogP contribution is 2.35. The summed E-state index contributed by atoms with van der Waals surface area (Å²) in [5.74, 6) is -0.441. The van der Waals surface area contributed by atoms with Crippen molar-refractivity contribution >= 4 is 31.8 Å². The molecule has 8 nitrogen and oxygen atoms in total. The maximum atomic E-state index is 14.5. The van der Waals surface area contributed by atoms with Crippen molar-refractivity contribution in [3.63, 3.8) is 0 Å². The third-order valence-corrected chi connectivity index (χ3v) is 7.21. The number of aryl methyl sites for hydroxylation is 1. The van der Waals surface area contributed by atoms with Crippen LogP contribution in [0.4, 0.5) is 4.39 Å². The lowest BCUT2D eigenvalue weighted by Gasteiger charge is -2.08. The number of rotatable bonds is 6. The summed E-state index contributed by atoms with van der Waals surface area (Å²) in [6, 6.07) is 14.5. The van der Waals surface area contributed by atoms with Crippen LogP contribution in [0.3, 0.4) is 0 Å². The average Bonchev–Trinajstić information content (AvgIpc) is 3.51. The van der Waals surface area contributed by atoms with Gasteiger partial charge in [-0.15, -0.1) is 0 Å².